The van der Waals surface area contributed by atoms with E-state index in [1.807, 2.05) is 0 Å². The zero-order chi connectivity index (χ0) is 16.8. The van der Waals surface area contributed by atoms with Crippen molar-refractivity contribution in [3.8, 4) is 5.75 Å². The number of benzene rings is 2. The van der Waals surface area contributed by atoms with Gasteiger partial charge in [-0.15, -0.1) is 11.8 Å². The Hall–Kier alpha value is -2.15. The number of methoxy groups -OCH3 is 1. The smallest absolute Gasteiger partial charge is 0.234 e. The molecule has 0 aromatic heterocycles. The third-order valence-corrected chi connectivity index (χ3v) is 3.95. The number of carbonyl (C=O) groups is 1. The SMILES string of the molecule is COc1ccc(CSCC(=O)Nc2c(F)cccc2F)cc1F. The first-order valence-corrected chi connectivity index (χ1v) is 7.80. The van der Waals surface area contributed by atoms with Crippen LogP contribution in [0.25, 0.3) is 0 Å². The summed E-state index contributed by atoms with van der Waals surface area (Å²) in [5.41, 5.74) is 0.215. The standard InChI is InChI=1S/C16H14F3NO2S/c1-22-14-6-5-10(7-13(14)19)8-23-9-15(21)20-16-11(17)3-2-4-12(16)18/h2-7H,8-9H2,1H3,(H,20,21). The lowest BCUT2D eigenvalue weighted by atomic mass is 10.2. The zero-order valence-corrected chi connectivity index (χ0v) is 13.1. The number of amides is 1. The summed E-state index contributed by atoms with van der Waals surface area (Å²) in [4.78, 5) is 11.7. The van der Waals surface area contributed by atoms with Crippen LogP contribution in [0.3, 0.4) is 0 Å². The molecule has 1 amide bonds. The molecule has 2 aromatic rings. The number of anilines is 1. The molecule has 0 heterocycles. The topological polar surface area (TPSA) is 38.3 Å². The largest absolute Gasteiger partial charge is 0.494 e. The second-order valence-corrected chi connectivity index (χ2v) is 5.59. The summed E-state index contributed by atoms with van der Waals surface area (Å²) in [5.74, 6) is -2.17. The highest BCUT2D eigenvalue weighted by Crippen LogP contribution is 2.22. The molecule has 0 saturated carbocycles. The van der Waals surface area contributed by atoms with Crippen LogP contribution < -0.4 is 10.1 Å². The van der Waals surface area contributed by atoms with Crippen molar-refractivity contribution in [1.29, 1.82) is 0 Å². The van der Waals surface area contributed by atoms with Gasteiger partial charge in [-0.1, -0.05) is 12.1 Å². The average Bonchev–Trinajstić information content (AvgIpc) is 2.51. The molecule has 0 saturated heterocycles. The van der Waals surface area contributed by atoms with Gasteiger partial charge in [0.05, 0.1) is 12.9 Å². The van der Waals surface area contributed by atoms with Gasteiger partial charge in [-0.25, -0.2) is 13.2 Å². The minimum atomic E-state index is -0.833. The molecule has 122 valence electrons. The fourth-order valence-electron chi connectivity index (χ4n) is 1.85. The zero-order valence-electron chi connectivity index (χ0n) is 12.2. The Balaban J connectivity index is 1.86. The van der Waals surface area contributed by atoms with Crippen molar-refractivity contribution in [2.75, 3.05) is 18.2 Å². The summed E-state index contributed by atoms with van der Waals surface area (Å²) in [5, 5.41) is 2.19. The van der Waals surface area contributed by atoms with Crippen LogP contribution in [0.2, 0.25) is 0 Å². The van der Waals surface area contributed by atoms with Gasteiger partial charge in [0.25, 0.3) is 0 Å². The van der Waals surface area contributed by atoms with Gasteiger partial charge in [-0.05, 0) is 29.8 Å². The van der Waals surface area contributed by atoms with Crippen LogP contribution >= 0.6 is 11.8 Å². The van der Waals surface area contributed by atoms with Crippen LogP contribution in [0.15, 0.2) is 36.4 Å². The molecule has 23 heavy (non-hydrogen) atoms. The average molecular weight is 341 g/mol. The minimum Gasteiger partial charge on any atom is -0.494 e. The molecule has 0 aliphatic carbocycles. The third kappa shape index (κ3) is 4.66. The van der Waals surface area contributed by atoms with Crippen LogP contribution in [0.4, 0.5) is 18.9 Å². The van der Waals surface area contributed by atoms with Crippen molar-refractivity contribution in [3.63, 3.8) is 0 Å². The highest BCUT2D eigenvalue weighted by molar-refractivity contribution is 7.99. The first-order valence-electron chi connectivity index (χ1n) is 6.65. The highest BCUT2D eigenvalue weighted by atomic mass is 32.2. The van der Waals surface area contributed by atoms with Gasteiger partial charge in [0.15, 0.2) is 11.6 Å². The quantitative estimate of drug-likeness (QED) is 0.864. The molecule has 0 aliphatic rings. The lowest BCUT2D eigenvalue weighted by Gasteiger charge is -2.08. The van der Waals surface area contributed by atoms with Crippen LogP contribution in [-0.4, -0.2) is 18.8 Å². The predicted molar refractivity (Wildman–Crippen MR) is 84.1 cm³/mol. The third-order valence-electron chi connectivity index (χ3n) is 2.95. The molecule has 0 unspecified atom stereocenters. The molecule has 3 nitrogen and oxygen atoms in total. The number of nitrogens with one attached hydrogen (secondary N) is 1. The maximum absolute atomic E-state index is 13.5. The van der Waals surface area contributed by atoms with E-state index < -0.39 is 29.0 Å². The summed E-state index contributed by atoms with van der Waals surface area (Å²) in [6, 6.07) is 7.84. The van der Waals surface area contributed by atoms with Crippen LogP contribution in [0.5, 0.6) is 5.75 Å². The van der Waals surface area contributed by atoms with Gasteiger partial charge < -0.3 is 10.1 Å². The van der Waals surface area contributed by atoms with E-state index in [9.17, 15) is 18.0 Å². The summed E-state index contributed by atoms with van der Waals surface area (Å²) in [6.07, 6.45) is 0. The van der Waals surface area contributed by atoms with E-state index in [0.717, 1.165) is 12.1 Å². The summed E-state index contributed by atoms with van der Waals surface area (Å²) in [6.45, 7) is 0. The van der Waals surface area contributed by atoms with Gasteiger partial charge in [-0.2, -0.15) is 0 Å². The van der Waals surface area contributed by atoms with E-state index in [4.69, 9.17) is 4.74 Å². The summed E-state index contributed by atoms with van der Waals surface area (Å²) >= 11 is 1.20. The van der Waals surface area contributed by atoms with Crippen LogP contribution in [0, 0.1) is 17.5 Å². The minimum absolute atomic E-state index is 0.0125. The Bertz CT molecular complexity index is 689. The van der Waals surface area contributed by atoms with Crippen LogP contribution in [0.1, 0.15) is 5.56 Å². The van der Waals surface area contributed by atoms with Crippen LogP contribution in [-0.2, 0) is 10.5 Å². The lowest BCUT2D eigenvalue weighted by molar-refractivity contribution is -0.113. The van der Waals surface area contributed by atoms with Crippen molar-refractivity contribution in [3.05, 3.63) is 59.4 Å². The molecular formula is C16H14F3NO2S. The molecule has 0 radical (unpaired) electrons. The maximum atomic E-state index is 13.5. The van der Waals surface area contributed by atoms with Crippen molar-refractivity contribution >= 4 is 23.4 Å². The predicted octanol–water partition coefficient (Wildman–Crippen LogP) is 3.98. The van der Waals surface area contributed by atoms with E-state index in [1.165, 1.54) is 37.1 Å². The number of hydrogen-bond acceptors (Lipinski definition) is 3. The number of hydrogen-bond donors (Lipinski definition) is 1. The van der Waals surface area contributed by atoms with Gasteiger partial charge in [0.2, 0.25) is 5.91 Å². The molecule has 0 bridgehead atoms. The number of carbonyl (C=O) groups excluding carboxylic acids is 1. The molecule has 7 heteroatoms. The second kappa shape index (κ2) is 7.92. The fourth-order valence-corrected chi connectivity index (χ4v) is 2.63. The first-order chi connectivity index (χ1) is 11.0. The number of thioether (sulfide) groups is 1. The van der Waals surface area contributed by atoms with Gasteiger partial charge in [0, 0.05) is 5.75 Å². The Labute approximate surface area is 135 Å². The normalized spacial score (nSPS) is 10.4. The fraction of sp³-hybridized carbons (Fsp3) is 0.188. The van der Waals surface area contributed by atoms with Crippen molar-refractivity contribution in [1.82, 2.24) is 0 Å². The summed E-state index contributed by atoms with van der Waals surface area (Å²) in [7, 11) is 1.37. The molecule has 0 fully saturated rings. The second-order valence-electron chi connectivity index (χ2n) is 4.61. The van der Waals surface area contributed by atoms with Gasteiger partial charge >= 0.3 is 0 Å². The molecule has 0 atom stereocenters. The molecule has 2 rings (SSSR count). The van der Waals surface area contributed by atoms with Gasteiger partial charge in [-0.3, -0.25) is 4.79 Å². The molecule has 0 spiro atoms. The Morgan fingerprint density at radius 3 is 2.43 bits per heavy atom. The number of para-hydroxylation sites is 1. The van der Waals surface area contributed by atoms with E-state index in [-0.39, 0.29) is 11.5 Å². The highest BCUT2D eigenvalue weighted by Gasteiger charge is 2.12. The van der Waals surface area contributed by atoms with Crippen molar-refractivity contribution in [2.24, 2.45) is 0 Å². The first kappa shape index (κ1) is 17.2. The molecular weight excluding hydrogens is 327 g/mol. The van der Waals surface area contributed by atoms with Crippen molar-refractivity contribution < 1.29 is 22.7 Å². The van der Waals surface area contributed by atoms with Crippen molar-refractivity contribution in [2.45, 2.75) is 5.75 Å². The number of ether oxygens (including phenoxy) is 1. The summed E-state index contributed by atoms with van der Waals surface area (Å²) < 4.78 is 45.1. The number of rotatable bonds is 6. The van der Waals surface area contributed by atoms with E-state index in [2.05, 4.69) is 5.32 Å². The number of halogens is 3. The molecule has 1 N–H and O–H groups in total. The Morgan fingerprint density at radius 2 is 1.83 bits per heavy atom. The Kier molecular flexibility index (Phi) is 5.92. The molecule has 0 aliphatic heterocycles. The Morgan fingerprint density at radius 1 is 1.13 bits per heavy atom. The van der Waals surface area contributed by atoms with E-state index >= 15 is 0 Å². The van der Waals surface area contributed by atoms with Gasteiger partial charge in [0.1, 0.15) is 17.3 Å². The van der Waals surface area contributed by atoms with E-state index in [0.29, 0.717) is 11.3 Å². The van der Waals surface area contributed by atoms with E-state index in [1.54, 1.807) is 6.07 Å². The lowest BCUT2D eigenvalue weighted by Crippen LogP contribution is -2.16. The molecule has 2 aromatic carbocycles. The monoisotopic (exact) mass is 341 g/mol. The maximum Gasteiger partial charge on any atom is 0.234 e.